The minimum Gasteiger partial charge on any atom is -0.376 e. The van der Waals surface area contributed by atoms with E-state index >= 15 is 0 Å². The van der Waals surface area contributed by atoms with E-state index in [0.29, 0.717) is 29.8 Å². The first-order valence-electron chi connectivity index (χ1n) is 8.99. The zero-order chi connectivity index (χ0) is 19.9. The Morgan fingerprint density at radius 2 is 2.04 bits per heavy atom. The Bertz CT molecular complexity index is 1020. The molecule has 0 radical (unpaired) electrons. The average molecular weight is 381 g/mol. The van der Waals surface area contributed by atoms with Crippen LogP contribution in [0.25, 0.3) is 10.9 Å². The van der Waals surface area contributed by atoms with Crippen molar-refractivity contribution in [2.75, 3.05) is 37.4 Å². The van der Waals surface area contributed by atoms with Gasteiger partial charge in [0, 0.05) is 46.2 Å². The predicted molar refractivity (Wildman–Crippen MR) is 108 cm³/mol. The molecule has 2 heterocycles. The number of hydrogen-bond acceptors (Lipinski definition) is 7. The molecule has 1 amide bonds. The van der Waals surface area contributed by atoms with Crippen molar-refractivity contribution in [1.29, 1.82) is 0 Å². The monoisotopic (exact) mass is 381 g/mol. The third-order valence-corrected chi connectivity index (χ3v) is 4.22. The van der Waals surface area contributed by atoms with Crippen molar-refractivity contribution in [1.82, 2.24) is 25.1 Å². The summed E-state index contributed by atoms with van der Waals surface area (Å²) < 4.78 is 1.46. The first-order chi connectivity index (χ1) is 13.5. The highest BCUT2D eigenvalue weighted by Crippen LogP contribution is 2.12. The van der Waals surface area contributed by atoms with Gasteiger partial charge in [0.1, 0.15) is 0 Å². The number of aryl methyl sites for hydroxylation is 1. The van der Waals surface area contributed by atoms with Crippen LogP contribution >= 0.6 is 0 Å². The summed E-state index contributed by atoms with van der Waals surface area (Å²) in [5.74, 6) is 0.518. The van der Waals surface area contributed by atoms with Crippen LogP contribution in [0.2, 0.25) is 0 Å². The van der Waals surface area contributed by atoms with Crippen LogP contribution in [-0.2, 0) is 11.3 Å². The van der Waals surface area contributed by atoms with Gasteiger partial charge in [-0.3, -0.25) is 14.2 Å². The zero-order valence-corrected chi connectivity index (χ0v) is 15.9. The number of nitrogens with one attached hydrogen (secondary N) is 2. The molecular weight excluding hydrogens is 358 g/mol. The molecule has 0 bridgehead atoms. The van der Waals surface area contributed by atoms with Gasteiger partial charge in [-0.05, 0) is 12.1 Å². The molecular formula is C19H23N7O2. The lowest BCUT2D eigenvalue weighted by molar-refractivity contribution is -0.121. The summed E-state index contributed by atoms with van der Waals surface area (Å²) in [7, 11) is 3.86. The van der Waals surface area contributed by atoms with Gasteiger partial charge >= 0.3 is 0 Å². The molecule has 0 aliphatic rings. The molecule has 0 aliphatic heterocycles. The lowest BCUT2D eigenvalue weighted by Gasteiger charge is -2.13. The third kappa shape index (κ3) is 4.81. The minimum atomic E-state index is -0.139. The second-order valence-electron chi connectivity index (χ2n) is 6.48. The molecule has 2 aromatic heterocycles. The van der Waals surface area contributed by atoms with E-state index in [1.165, 1.54) is 10.9 Å². The van der Waals surface area contributed by atoms with Crippen molar-refractivity contribution in [3.05, 3.63) is 53.2 Å². The van der Waals surface area contributed by atoms with Gasteiger partial charge in [-0.2, -0.15) is 5.10 Å². The molecule has 2 N–H and O–H groups in total. The molecule has 0 saturated carbocycles. The van der Waals surface area contributed by atoms with Crippen molar-refractivity contribution < 1.29 is 4.79 Å². The van der Waals surface area contributed by atoms with Crippen LogP contribution in [0, 0.1) is 0 Å². The minimum absolute atomic E-state index is 0.130. The largest absolute Gasteiger partial charge is 0.376 e. The fraction of sp³-hybridized carbons (Fsp3) is 0.316. The lowest BCUT2D eigenvalue weighted by Crippen LogP contribution is -2.31. The molecule has 0 spiro atoms. The molecule has 0 atom stereocenters. The summed E-state index contributed by atoms with van der Waals surface area (Å²) in [6, 6.07) is 9.05. The van der Waals surface area contributed by atoms with Crippen LogP contribution in [0.15, 0.2) is 47.7 Å². The van der Waals surface area contributed by atoms with E-state index < -0.39 is 0 Å². The van der Waals surface area contributed by atoms with E-state index in [-0.39, 0.29) is 24.4 Å². The Morgan fingerprint density at radius 3 is 2.86 bits per heavy atom. The molecule has 0 saturated heterocycles. The van der Waals surface area contributed by atoms with Crippen molar-refractivity contribution in [3.63, 3.8) is 0 Å². The SMILES string of the molecule is CN(C)c1cnnc(NCCNC(=O)CCn2cnc3ccccc3c2=O)c1. The van der Waals surface area contributed by atoms with E-state index in [2.05, 4.69) is 25.8 Å². The first kappa shape index (κ1) is 19.3. The summed E-state index contributed by atoms with van der Waals surface area (Å²) in [5.41, 5.74) is 1.45. The van der Waals surface area contributed by atoms with Gasteiger partial charge in [-0.15, -0.1) is 5.10 Å². The molecule has 28 heavy (non-hydrogen) atoms. The van der Waals surface area contributed by atoms with Gasteiger partial charge in [0.05, 0.1) is 29.1 Å². The van der Waals surface area contributed by atoms with Crippen LogP contribution in [-0.4, -0.2) is 52.8 Å². The van der Waals surface area contributed by atoms with Gasteiger partial charge in [0.15, 0.2) is 5.82 Å². The number of para-hydroxylation sites is 1. The van der Waals surface area contributed by atoms with Gasteiger partial charge in [-0.1, -0.05) is 12.1 Å². The molecule has 146 valence electrons. The number of fused-ring (bicyclic) bond motifs is 1. The fourth-order valence-electron chi connectivity index (χ4n) is 2.66. The molecule has 0 fully saturated rings. The average Bonchev–Trinajstić information content (AvgIpc) is 2.71. The van der Waals surface area contributed by atoms with E-state index in [1.807, 2.05) is 31.1 Å². The first-order valence-corrected chi connectivity index (χ1v) is 8.99. The Morgan fingerprint density at radius 1 is 1.21 bits per heavy atom. The van der Waals surface area contributed by atoms with E-state index in [1.54, 1.807) is 24.4 Å². The quantitative estimate of drug-likeness (QED) is 0.558. The maximum Gasteiger partial charge on any atom is 0.261 e. The van der Waals surface area contributed by atoms with E-state index in [0.717, 1.165) is 5.69 Å². The number of aromatic nitrogens is 4. The number of carbonyl (C=O) groups excluding carboxylic acids is 1. The molecule has 0 aliphatic carbocycles. The zero-order valence-electron chi connectivity index (χ0n) is 15.9. The van der Waals surface area contributed by atoms with Crippen LogP contribution in [0.4, 0.5) is 11.5 Å². The number of amides is 1. The van der Waals surface area contributed by atoms with Gasteiger partial charge < -0.3 is 15.5 Å². The maximum absolute atomic E-state index is 12.4. The fourth-order valence-corrected chi connectivity index (χ4v) is 2.66. The second kappa shape index (κ2) is 8.94. The predicted octanol–water partition coefficient (Wildman–Crippen LogP) is 0.871. The highest BCUT2D eigenvalue weighted by molar-refractivity contribution is 5.77. The lowest BCUT2D eigenvalue weighted by atomic mass is 10.2. The summed E-state index contributed by atoms with van der Waals surface area (Å²) in [4.78, 5) is 30.6. The summed E-state index contributed by atoms with van der Waals surface area (Å²) in [6.07, 6.45) is 3.36. The standard InChI is InChI=1S/C19H23N7O2/c1-25(2)14-11-17(24-23-12-14)20-8-9-21-18(27)7-10-26-13-22-16-6-4-3-5-15(16)19(26)28/h3-6,11-13H,7-10H2,1-2H3,(H,20,24)(H,21,27). The number of benzene rings is 1. The van der Waals surface area contributed by atoms with Crippen molar-refractivity contribution in [3.8, 4) is 0 Å². The van der Waals surface area contributed by atoms with Crippen LogP contribution in [0.5, 0.6) is 0 Å². The molecule has 3 aromatic rings. The molecule has 9 heteroatoms. The van der Waals surface area contributed by atoms with Gasteiger partial charge in [0.2, 0.25) is 5.91 Å². The number of anilines is 2. The topological polar surface area (TPSA) is 105 Å². The van der Waals surface area contributed by atoms with Crippen LogP contribution in [0.1, 0.15) is 6.42 Å². The second-order valence-corrected chi connectivity index (χ2v) is 6.48. The Kier molecular flexibility index (Phi) is 6.15. The number of hydrogen-bond donors (Lipinski definition) is 2. The highest BCUT2D eigenvalue weighted by atomic mass is 16.1. The number of carbonyl (C=O) groups is 1. The number of rotatable bonds is 8. The summed E-state index contributed by atoms with van der Waals surface area (Å²) >= 11 is 0. The van der Waals surface area contributed by atoms with Crippen LogP contribution < -0.4 is 21.1 Å². The highest BCUT2D eigenvalue weighted by Gasteiger charge is 2.06. The van der Waals surface area contributed by atoms with Crippen molar-refractivity contribution in [2.24, 2.45) is 0 Å². The van der Waals surface area contributed by atoms with Crippen LogP contribution in [0.3, 0.4) is 0 Å². The van der Waals surface area contributed by atoms with Gasteiger partial charge in [-0.25, -0.2) is 4.98 Å². The van der Waals surface area contributed by atoms with Gasteiger partial charge in [0.25, 0.3) is 5.56 Å². The Labute approximate surface area is 162 Å². The molecule has 0 unspecified atom stereocenters. The normalized spacial score (nSPS) is 10.6. The van der Waals surface area contributed by atoms with E-state index in [9.17, 15) is 9.59 Å². The Hall–Kier alpha value is -3.49. The Balaban J connectivity index is 1.45. The third-order valence-electron chi connectivity index (χ3n) is 4.22. The smallest absolute Gasteiger partial charge is 0.261 e. The van der Waals surface area contributed by atoms with Crippen molar-refractivity contribution >= 4 is 28.3 Å². The summed E-state index contributed by atoms with van der Waals surface area (Å²) in [6.45, 7) is 1.25. The molecule has 3 rings (SSSR count). The molecule has 9 nitrogen and oxygen atoms in total. The van der Waals surface area contributed by atoms with E-state index in [4.69, 9.17) is 0 Å². The number of nitrogens with zero attached hydrogens (tertiary/aromatic N) is 5. The van der Waals surface area contributed by atoms with Crippen molar-refractivity contribution in [2.45, 2.75) is 13.0 Å². The maximum atomic E-state index is 12.4. The summed E-state index contributed by atoms with van der Waals surface area (Å²) in [5, 5.41) is 14.4. The molecule has 1 aromatic carbocycles.